The number of hydrogen-bond donors (Lipinski definition) is 1. The summed E-state index contributed by atoms with van der Waals surface area (Å²) in [6.07, 6.45) is 0. The van der Waals surface area contributed by atoms with Crippen molar-refractivity contribution in [3.05, 3.63) is 30.0 Å². The van der Waals surface area contributed by atoms with Gasteiger partial charge in [0, 0.05) is 42.7 Å². The van der Waals surface area contributed by atoms with Crippen LogP contribution in [-0.2, 0) is 0 Å². The van der Waals surface area contributed by atoms with Gasteiger partial charge in [0.05, 0.1) is 0 Å². The molecule has 1 aliphatic rings. The molecule has 1 N–H and O–H groups in total. The van der Waals surface area contributed by atoms with Gasteiger partial charge in [0.25, 0.3) is 5.91 Å². The fraction of sp³-hybridized carbons (Fsp3) is 0.357. The van der Waals surface area contributed by atoms with Gasteiger partial charge in [-0.25, -0.2) is 0 Å². The van der Waals surface area contributed by atoms with E-state index in [1.54, 1.807) is 0 Å². The van der Waals surface area contributed by atoms with Crippen molar-refractivity contribution in [2.45, 2.75) is 0 Å². The average molecular weight is 276 g/mol. The number of benzene rings is 1. The zero-order valence-corrected chi connectivity index (χ0v) is 11.6. The molecule has 1 amide bonds. The number of carbonyl (C=O) groups is 1. The molecule has 5 heteroatoms. The highest BCUT2D eigenvalue weighted by Gasteiger charge is 2.21. The number of carbonyl (C=O) groups excluding carboxylic acids is 1. The van der Waals surface area contributed by atoms with Crippen LogP contribution in [0.2, 0.25) is 0 Å². The van der Waals surface area contributed by atoms with Crippen molar-refractivity contribution in [1.29, 1.82) is 0 Å². The summed E-state index contributed by atoms with van der Waals surface area (Å²) in [7, 11) is 1.87. The summed E-state index contributed by atoms with van der Waals surface area (Å²) in [4.78, 5) is 14.2. The predicted octanol–water partition coefficient (Wildman–Crippen LogP) is 2.66. The molecule has 1 fully saturated rings. The van der Waals surface area contributed by atoms with E-state index in [0.717, 1.165) is 41.3 Å². The first-order valence-electron chi connectivity index (χ1n) is 6.36. The minimum atomic E-state index is 0.00232. The molecule has 1 saturated heterocycles. The van der Waals surface area contributed by atoms with Gasteiger partial charge in [-0.2, -0.15) is 11.8 Å². The maximum absolute atomic E-state index is 12.3. The van der Waals surface area contributed by atoms with Crippen molar-refractivity contribution < 1.29 is 9.21 Å². The van der Waals surface area contributed by atoms with Crippen molar-refractivity contribution in [2.75, 3.05) is 37.0 Å². The summed E-state index contributed by atoms with van der Waals surface area (Å²) in [6.45, 7) is 1.62. The zero-order chi connectivity index (χ0) is 13.2. The summed E-state index contributed by atoms with van der Waals surface area (Å²) in [5.41, 5.74) is 1.77. The van der Waals surface area contributed by atoms with E-state index in [9.17, 15) is 4.79 Å². The number of hydrogen-bond acceptors (Lipinski definition) is 4. The fourth-order valence-corrected chi connectivity index (χ4v) is 3.13. The Kier molecular flexibility index (Phi) is 3.38. The second-order valence-corrected chi connectivity index (χ2v) is 5.74. The normalized spacial score (nSPS) is 15.7. The van der Waals surface area contributed by atoms with Crippen molar-refractivity contribution in [3.8, 4) is 0 Å². The minimum absolute atomic E-state index is 0.00232. The maximum atomic E-state index is 12.3. The molecule has 0 radical (unpaired) electrons. The lowest BCUT2D eigenvalue weighted by molar-refractivity contribution is 0.0743. The van der Waals surface area contributed by atoms with Crippen LogP contribution in [0, 0.1) is 0 Å². The molecule has 2 heterocycles. The molecule has 0 spiro atoms. The third kappa shape index (κ3) is 2.42. The van der Waals surface area contributed by atoms with Gasteiger partial charge in [0.1, 0.15) is 5.58 Å². The molecule has 1 aliphatic heterocycles. The van der Waals surface area contributed by atoms with Crippen LogP contribution in [0.4, 0.5) is 5.69 Å². The Balaban J connectivity index is 1.89. The van der Waals surface area contributed by atoms with Gasteiger partial charge in [0.2, 0.25) is 0 Å². The van der Waals surface area contributed by atoms with Gasteiger partial charge in [-0.05, 0) is 24.3 Å². The van der Waals surface area contributed by atoms with E-state index in [2.05, 4.69) is 5.32 Å². The standard InChI is InChI=1S/C14H16N2O2S/c1-15-11-2-3-12-10(8-11)9-13(18-12)14(17)16-4-6-19-7-5-16/h2-3,8-9,15H,4-7H2,1H3. The van der Waals surface area contributed by atoms with E-state index in [4.69, 9.17) is 4.42 Å². The molecular formula is C14H16N2O2S. The molecule has 0 bridgehead atoms. The highest BCUT2D eigenvalue weighted by Crippen LogP contribution is 2.24. The van der Waals surface area contributed by atoms with E-state index in [1.807, 2.05) is 48.0 Å². The minimum Gasteiger partial charge on any atom is -0.451 e. The van der Waals surface area contributed by atoms with E-state index < -0.39 is 0 Å². The Morgan fingerprint density at radius 1 is 1.32 bits per heavy atom. The van der Waals surface area contributed by atoms with Crippen LogP contribution in [0.15, 0.2) is 28.7 Å². The van der Waals surface area contributed by atoms with E-state index in [-0.39, 0.29) is 5.91 Å². The number of rotatable bonds is 2. The maximum Gasteiger partial charge on any atom is 0.289 e. The molecule has 0 aliphatic carbocycles. The fourth-order valence-electron chi connectivity index (χ4n) is 2.23. The van der Waals surface area contributed by atoms with Crippen molar-refractivity contribution in [3.63, 3.8) is 0 Å². The molecule has 1 aromatic carbocycles. The van der Waals surface area contributed by atoms with E-state index >= 15 is 0 Å². The zero-order valence-electron chi connectivity index (χ0n) is 10.8. The molecule has 100 valence electrons. The molecule has 0 saturated carbocycles. The van der Waals surface area contributed by atoms with Crippen LogP contribution in [0.1, 0.15) is 10.6 Å². The second-order valence-electron chi connectivity index (χ2n) is 4.52. The third-order valence-electron chi connectivity index (χ3n) is 3.31. The lowest BCUT2D eigenvalue weighted by Crippen LogP contribution is -2.37. The lowest BCUT2D eigenvalue weighted by atomic mass is 10.2. The first-order chi connectivity index (χ1) is 9.28. The Morgan fingerprint density at radius 3 is 2.84 bits per heavy atom. The van der Waals surface area contributed by atoms with Gasteiger partial charge < -0.3 is 14.6 Å². The van der Waals surface area contributed by atoms with Crippen molar-refractivity contribution in [2.24, 2.45) is 0 Å². The molecule has 4 nitrogen and oxygen atoms in total. The summed E-state index contributed by atoms with van der Waals surface area (Å²) in [6, 6.07) is 7.66. The van der Waals surface area contributed by atoms with Gasteiger partial charge in [-0.3, -0.25) is 4.79 Å². The van der Waals surface area contributed by atoms with E-state index in [1.165, 1.54) is 0 Å². The van der Waals surface area contributed by atoms with Gasteiger partial charge in [-0.15, -0.1) is 0 Å². The predicted molar refractivity (Wildman–Crippen MR) is 79.0 cm³/mol. The summed E-state index contributed by atoms with van der Waals surface area (Å²) >= 11 is 1.89. The molecule has 2 aromatic rings. The van der Waals surface area contributed by atoms with Crippen LogP contribution in [0.25, 0.3) is 11.0 Å². The highest BCUT2D eigenvalue weighted by molar-refractivity contribution is 7.99. The molecular weight excluding hydrogens is 260 g/mol. The Labute approximate surface area is 116 Å². The van der Waals surface area contributed by atoms with Gasteiger partial charge in [0.15, 0.2) is 5.76 Å². The Hall–Kier alpha value is -1.62. The first-order valence-corrected chi connectivity index (χ1v) is 7.52. The van der Waals surface area contributed by atoms with Gasteiger partial charge in [-0.1, -0.05) is 0 Å². The quantitative estimate of drug-likeness (QED) is 0.916. The van der Waals surface area contributed by atoms with Crippen molar-refractivity contribution >= 4 is 34.3 Å². The smallest absolute Gasteiger partial charge is 0.289 e. The molecule has 0 unspecified atom stereocenters. The van der Waals surface area contributed by atoms with E-state index in [0.29, 0.717) is 5.76 Å². The topological polar surface area (TPSA) is 45.5 Å². The van der Waals surface area contributed by atoms with Crippen LogP contribution in [-0.4, -0.2) is 42.4 Å². The van der Waals surface area contributed by atoms with Crippen LogP contribution >= 0.6 is 11.8 Å². The van der Waals surface area contributed by atoms with Crippen LogP contribution < -0.4 is 5.32 Å². The second kappa shape index (κ2) is 5.17. The summed E-state index contributed by atoms with van der Waals surface area (Å²) in [5, 5.41) is 4.04. The molecule has 1 aromatic heterocycles. The highest BCUT2D eigenvalue weighted by atomic mass is 32.2. The number of fused-ring (bicyclic) bond motifs is 1. The molecule has 0 atom stereocenters. The average Bonchev–Trinajstić information content (AvgIpc) is 2.90. The van der Waals surface area contributed by atoms with Crippen LogP contribution in [0.3, 0.4) is 0 Å². The number of nitrogens with one attached hydrogen (secondary N) is 1. The Morgan fingerprint density at radius 2 is 2.11 bits per heavy atom. The monoisotopic (exact) mass is 276 g/mol. The summed E-state index contributed by atoms with van der Waals surface area (Å²) < 4.78 is 5.66. The molecule has 19 heavy (non-hydrogen) atoms. The third-order valence-corrected chi connectivity index (χ3v) is 4.26. The van der Waals surface area contributed by atoms with Gasteiger partial charge >= 0.3 is 0 Å². The number of nitrogens with zero attached hydrogens (tertiary/aromatic N) is 1. The first kappa shape index (κ1) is 12.4. The number of thioether (sulfide) groups is 1. The molecule has 3 rings (SSSR count). The number of anilines is 1. The Bertz CT molecular complexity index is 603. The number of amides is 1. The van der Waals surface area contributed by atoms with Crippen LogP contribution in [0.5, 0.6) is 0 Å². The largest absolute Gasteiger partial charge is 0.451 e. The lowest BCUT2D eigenvalue weighted by Gasteiger charge is -2.25. The number of furan rings is 1. The van der Waals surface area contributed by atoms with Crippen molar-refractivity contribution in [1.82, 2.24) is 4.90 Å². The SMILES string of the molecule is CNc1ccc2oc(C(=O)N3CCSCC3)cc2c1. The summed E-state index contributed by atoms with van der Waals surface area (Å²) in [5.74, 6) is 2.46.